The third-order valence-electron chi connectivity index (χ3n) is 1.72. The van der Waals surface area contributed by atoms with Crippen LogP contribution in [0.3, 0.4) is 0 Å². The van der Waals surface area contributed by atoms with Crippen molar-refractivity contribution in [2.45, 2.75) is 21.7 Å². The van der Waals surface area contributed by atoms with Gasteiger partial charge in [-0.25, -0.2) is 0 Å². The molecule has 5 heteroatoms. The molecule has 0 aliphatic rings. The van der Waals surface area contributed by atoms with Crippen LogP contribution in [0.1, 0.15) is 6.92 Å². The molecule has 0 fully saturated rings. The van der Waals surface area contributed by atoms with Crippen molar-refractivity contribution in [1.29, 1.82) is 0 Å². The van der Waals surface area contributed by atoms with Crippen LogP contribution < -0.4 is 9.03 Å². The summed E-state index contributed by atoms with van der Waals surface area (Å²) in [6.07, 6.45) is 3.40. The first-order chi connectivity index (χ1) is 6.39. The van der Waals surface area contributed by atoms with Gasteiger partial charge in [-0.15, -0.1) is 0 Å². The number of carbonyl (C=O) groups excluding carboxylic acids is 1. The standard InChI is InChI=1S/C6H6N3O.3CH3.Sn/c1-5(10)9-6-4-7-2-3-8-6;;;;/h3-4H,1H3,(H,8,9,10);3*1H3;. The molecular weight excluding hydrogens is 285 g/mol. The van der Waals surface area contributed by atoms with Crippen LogP contribution in [-0.2, 0) is 4.79 Å². The van der Waals surface area contributed by atoms with Crippen LogP contribution in [0, 0.1) is 0 Å². The fourth-order valence-corrected chi connectivity index (χ4v) is 3.54. The summed E-state index contributed by atoms with van der Waals surface area (Å²) >= 11 is -2.08. The van der Waals surface area contributed by atoms with Gasteiger partial charge in [-0.1, -0.05) is 0 Å². The molecule has 14 heavy (non-hydrogen) atoms. The Morgan fingerprint density at radius 2 is 1.93 bits per heavy atom. The summed E-state index contributed by atoms with van der Waals surface area (Å²) in [6.45, 7) is 1.46. The van der Waals surface area contributed by atoms with E-state index in [1.807, 2.05) is 0 Å². The molecule has 1 rings (SSSR count). The number of nitrogens with zero attached hydrogens (tertiary/aromatic N) is 2. The molecule has 0 spiro atoms. The number of carbonyl (C=O) groups is 1. The zero-order valence-electron chi connectivity index (χ0n) is 8.96. The molecule has 0 saturated carbocycles. The minimum atomic E-state index is -2.08. The van der Waals surface area contributed by atoms with Crippen molar-refractivity contribution in [1.82, 2.24) is 9.97 Å². The van der Waals surface area contributed by atoms with Crippen LogP contribution in [0.2, 0.25) is 14.8 Å². The Kier molecular flexibility index (Phi) is 3.47. The maximum absolute atomic E-state index is 10.7. The van der Waals surface area contributed by atoms with E-state index in [9.17, 15) is 4.79 Å². The summed E-state index contributed by atoms with van der Waals surface area (Å²) in [5, 5.41) is 2.59. The van der Waals surface area contributed by atoms with Crippen LogP contribution >= 0.6 is 0 Å². The molecule has 76 valence electrons. The Labute approximate surface area is 88.0 Å². The second-order valence-corrected chi connectivity index (χ2v) is 18.5. The number of nitrogens with one attached hydrogen (secondary N) is 1. The average molecular weight is 300 g/mol. The van der Waals surface area contributed by atoms with E-state index < -0.39 is 18.4 Å². The molecule has 0 unspecified atom stereocenters. The van der Waals surface area contributed by atoms with Crippen LogP contribution in [0.5, 0.6) is 0 Å². The predicted molar refractivity (Wildman–Crippen MR) is 59.3 cm³/mol. The molecule has 1 aromatic heterocycles. The van der Waals surface area contributed by atoms with Gasteiger partial charge in [-0.2, -0.15) is 0 Å². The Morgan fingerprint density at radius 3 is 2.29 bits per heavy atom. The van der Waals surface area contributed by atoms with Crippen LogP contribution in [0.25, 0.3) is 0 Å². The first kappa shape index (κ1) is 11.4. The van der Waals surface area contributed by atoms with E-state index in [1.54, 1.807) is 12.4 Å². The monoisotopic (exact) mass is 301 g/mol. The molecule has 0 atom stereocenters. The first-order valence-corrected chi connectivity index (χ1v) is 14.5. The molecule has 1 N–H and O–H groups in total. The van der Waals surface area contributed by atoms with E-state index in [4.69, 9.17) is 0 Å². The van der Waals surface area contributed by atoms with Crippen molar-refractivity contribution in [3.8, 4) is 0 Å². The van der Waals surface area contributed by atoms with Gasteiger partial charge in [0.2, 0.25) is 0 Å². The van der Waals surface area contributed by atoms with E-state index in [0.717, 1.165) is 3.71 Å². The van der Waals surface area contributed by atoms with Gasteiger partial charge >= 0.3 is 88.0 Å². The predicted octanol–water partition coefficient (Wildman–Crippen LogP) is 0.980. The molecular formula is C9H15N3OSn. The molecule has 0 radical (unpaired) electrons. The second-order valence-electron chi connectivity index (χ2n) is 4.22. The summed E-state index contributed by atoms with van der Waals surface area (Å²) in [4.78, 5) is 26.0. The van der Waals surface area contributed by atoms with Crippen molar-refractivity contribution >= 4 is 33.8 Å². The van der Waals surface area contributed by atoms with E-state index >= 15 is 0 Å². The Morgan fingerprint density at radius 1 is 1.29 bits per heavy atom. The van der Waals surface area contributed by atoms with Crippen molar-refractivity contribution in [2.24, 2.45) is 0 Å². The number of anilines is 1. The molecule has 0 aliphatic heterocycles. The van der Waals surface area contributed by atoms with Crippen molar-refractivity contribution < 1.29 is 4.79 Å². The molecule has 1 aromatic rings. The molecule has 1 heterocycles. The number of hydrogen-bond acceptors (Lipinski definition) is 3. The topological polar surface area (TPSA) is 54.9 Å². The summed E-state index contributed by atoms with van der Waals surface area (Å²) in [5.41, 5.74) is 0. The van der Waals surface area contributed by atoms with Crippen LogP contribution in [0.4, 0.5) is 5.82 Å². The van der Waals surface area contributed by atoms with Gasteiger partial charge in [-0.05, 0) is 0 Å². The number of amides is 1. The molecule has 0 bridgehead atoms. The Hall–Kier alpha value is -0.651. The van der Waals surface area contributed by atoms with Gasteiger partial charge in [0.1, 0.15) is 0 Å². The van der Waals surface area contributed by atoms with Crippen molar-refractivity contribution in [3.05, 3.63) is 12.4 Å². The Bertz CT molecular complexity index is 329. The zero-order valence-corrected chi connectivity index (χ0v) is 11.8. The first-order valence-electron chi connectivity index (χ1n) is 4.50. The fraction of sp³-hybridized carbons (Fsp3) is 0.444. The summed E-state index contributed by atoms with van der Waals surface area (Å²) in [6, 6.07) is 0. The Balaban J connectivity index is 2.84. The summed E-state index contributed by atoms with van der Waals surface area (Å²) < 4.78 is 1.12. The van der Waals surface area contributed by atoms with Crippen molar-refractivity contribution in [2.75, 3.05) is 5.32 Å². The third-order valence-corrected chi connectivity index (χ3v) is 6.85. The van der Waals surface area contributed by atoms with Gasteiger partial charge in [-0.3, -0.25) is 0 Å². The molecule has 1 amide bonds. The SMILES string of the molecule is CC(=O)Nc1cn[c]([Sn]([CH3])([CH3])[CH3])cn1. The second kappa shape index (κ2) is 4.25. The minimum absolute atomic E-state index is 0.119. The summed E-state index contributed by atoms with van der Waals surface area (Å²) in [5.74, 6) is 0.406. The third kappa shape index (κ3) is 3.25. The fourth-order valence-electron chi connectivity index (χ4n) is 0.960. The normalized spacial score (nSPS) is 11.1. The number of rotatable bonds is 2. The van der Waals surface area contributed by atoms with Crippen LogP contribution in [-0.4, -0.2) is 34.3 Å². The number of hydrogen-bond donors (Lipinski definition) is 1. The maximum atomic E-state index is 10.7. The summed E-state index contributed by atoms with van der Waals surface area (Å²) in [7, 11) is 0. The van der Waals surface area contributed by atoms with Gasteiger partial charge in [0, 0.05) is 0 Å². The van der Waals surface area contributed by atoms with Gasteiger partial charge in [0.25, 0.3) is 0 Å². The van der Waals surface area contributed by atoms with E-state index in [0.29, 0.717) is 5.82 Å². The van der Waals surface area contributed by atoms with Gasteiger partial charge in [0.05, 0.1) is 0 Å². The van der Waals surface area contributed by atoms with Crippen molar-refractivity contribution in [3.63, 3.8) is 0 Å². The molecule has 0 aliphatic carbocycles. The zero-order chi connectivity index (χ0) is 10.8. The molecule has 0 saturated heterocycles. The number of aromatic nitrogens is 2. The van der Waals surface area contributed by atoms with Gasteiger partial charge in [0.15, 0.2) is 0 Å². The van der Waals surface area contributed by atoms with Crippen LogP contribution in [0.15, 0.2) is 12.4 Å². The van der Waals surface area contributed by atoms with E-state index in [1.165, 1.54) is 6.92 Å². The molecule has 4 nitrogen and oxygen atoms in total. The quantitative estimate of drug-likeness (QED) is 0.828. The average Bonchev–Trinajstić information content (AvgIpc) is 2.02. The van der Waals surface area contributed by atoms with E-state index in [-0.39, 0.29) is 5.91 Å². The van der Waals surface area contributed by atoms with Gasteiger partial charge < -0.3 is 0 Å². The van der Waals surface area contributed by atoms with E-state index in [2.05, 4.69) is 30.1 Å². The molecule has 0 aromatic carbocycles.